The Morgan fingerprint density at radius 1 is 1.30 bits per heavy atom. The number of carbonyl (C=O) groups excluding carboxylic acids is 2. The van der Waals surface area contributed by atoms with Gasteiger partial charge in [-0.15, -0.1) is 11.3 Å². The van der Waals surface area contributed by atoms with Gasteiger partial charge >= 0.3 is 12.1 Å². The summed E-state index contributed by atoms with van der Waals surface area (Å²) in [7, 11) is 1.30. The van der Waals surface area contributed by atoms with E-state index in [0.29, 0.717) is 17.2 Å². The van der Waals surface area contributed by atoms with Crippen LogP contribution in [0.5, 0.6) is 0 Å². The number of hydrogen-bond acceptors (Lipinski definition) is 5. The number of nitrogens with one attached hydrogen (secondary N) is 1. The van der Waals surface area contributed by atoms with E-state index in [9.17, 15) is 9.59 Å². The molecule has 1 aromatic rings. The van der Waals surface area contributed by atoms with Crippen LogP contribution in [0.15, 0.2) is 0 Å². The molecule has 6 heteroatoms. The van der Waals surface area contributed by atoms with Crippen molar-refractivity contribution in [1.29, 1.82) is 0 Å². The van der Waals surface area contributed by atoms with Crippen molar-refractivity contribution in [3.8, 4) is 0 Å². The minimum Gasteiger partial charge on any atom is -0.462 e. The molecule has 2 rings (SSSR count). The van der Waals surface area contributed by atoms with E-state index in [2.05, 4.69) is 10.1 Å². The standard InChI is InChI=1S/C14H19NO4S/c1-3-8-19-13(16)11-9-6-4-5-7-10(9)20-12(11)15-14(17)18-2/h3-8H2,1-2H3,(H,15,17). The summed E-state index contributed by atoms with van der Waals surface area (Å²) >= 11 is 1.45. The quantitative estimate of drug-likeness (QED) is 0.865. The average molecular weight is 297 g/mol. The highest BCUT2D eigenvalue weighted by molar-refractivity contribution is 7.17. The van der Waals surface area contributed by atoms with Gasteiger partial charge in [0.2, 0.25) is 0 Å². The molecule has 20 heavy (non-hydrogen) atoms. The predicted molar refractivity (Wildman–Crippen MR) is 77.6 cm³/mol. The van der Waals surface area contributed by atoms with Gasteiger partial charge in [-0.3, -0.25) is 5.32 Å². The molecule has 0 saturated carbocycles. The van der Waals surface area contributed by atoms with E-state index in [0.717, 1.165) is 37.7 Å². The summed E-state index contributed by atoms with van der Waals surface area (Å²) in [5.41, 5.74) is 1.55. The first-order valence-corrected chi connectivity index (χ1v) is 7.65. The molecule has 0 saturated heterocycles. The topological polar surface area (TPSA) is 64.6 Å². The molecular weight excluding hydrogens is 278 g/mol. The van der Waals surface area contributed by atoms with Crippen molar-refractivity contribution in [1.82, 2.24) is 0 Å². The molecule has 1 N–H and O–H groups in total. The summed E-state index contributed by atoms with van der Waals surface area (Å²) in [6, 6.07) is 0. The molecule has 1 aromatic heterocycles. The van der Waals surface area contributed by atoms with Crippen molar-refractivity contribution in [2.24, 2.45) is 0 Å². The fourth-order valence-corrected chi connectivity index (χ4v) is 3.54. The number of fused-ring (bicyclic) bond motifs is 1. The zero-order valence-corrected chi connectivity index (χ0v) is 12.6. The summed E-state index contributed by atoms with van der Waals surface area (Å²) in [5.74, 6) is -0.349. The largest absolute Gasteiger partial charge is 0.462 e. The Bertz CT molecular complexity index is 510. The molecule has 1 aliphatic rings. The maximum atomic E-state index is 12.2. The third kappa shape index (κ3) is 3.12. The van der Waals surface area contributed by atoms with Gasteiger partial charge < -0.3 is 9.47 Å². The van der Waals surface area contributed by atoms with E-state index < -0.39 is 6.09 Å². The molecule has 0 aliphatic heterocycles. The zero-order chi connectivity index (χ0) is 14.5. The second-order valence-corrected chi connectivity index (χ2v) is 5.77. The first-order chi connectivity index (χ1) is 9.67. The first-order valence-electron chi connectivity index (χ1n) is 6.84. The summed E-state index contributed by atoms with van der Waals surface area (Å²) in [4.78, 5) is 24.8. The van der Waals surface area contributed by atoms with Gasteiger partial charge in [0.25, 0.3) is 0 Å². The highest BCUT2D eigenvalue weighted by atomic mass is 32.1. The average Bonchev–Trinajstić information content (AvgIpc) is 2.82. The highest BCUT2D eigenvalue weighted by Crippen LogP contribution is 2.38. The number of thiophene rings is 1. The number of aryl methyl sites for hydroxylation is 1. The SMILES string of the molecule is CCCOC(=O)c1c(NC(=O)OC)sc2c1CCCC2. The van der Waals surface area contributed by atoms with Crippen molar-refractivity contribution in [2.75, 3.05) is 19.0 Å². The molecule has 0 unspecified atom stereocenters. The Hall–Kier alpha value is -1.56. The number of rotatable bonds is 4. The number of carbonyl (C=O) groups is 2. The van der Waals surface area contributed by atoms with Gasteiger partial charge in [-0.25, -0.2) is 9.59 Å². The molecule has 0 atom stereocenters. The number of hydrogen-bond donors (Lipinski definition) is 1. The van der Waals surface area contributed by atoms with E-state index >= 15 is 0 Å². The van der Waals surface area contributed by atoms with E-state index in [1.807, 2.05) is 6.92 Å². The molecule has 0 radical (unpaired) electrons. The lowest BCUT2D eigenvalue weighted by Gasteiger charge is -2.12. The molecule has 110 valence electrons. The fraction of sp³-hybridized carbons (Fsp3) is 0.571. The molecular formula is C14H19NO4S. The van der Waals surface area contributed by atoms with Crippen LogP contribution in [0.1, 0.15) is 47.0 Å². The monoisotopic (exact) mass is 297 g/mol. The van der Waals surface area contributed by atoms with Crippen molar-refractivity contribution < 1.29 is 19.1 Å². The van der Waals surface area contributed by atoms with E-state index in [-0.39, 0.29) is 5.97 Å². The Morgan fingerprint density at radius 3 is 2.75 bits per heavy atom. The van der Waals surface area contributed by atoms with Crippen LogP contribution in [0, 0.1) is 0 Å². The number of ether oxygens (including phenoxy) is 2. The molecule has 0 aromatic carbocycles. The third-order valence-electron chi connectivity index (χ3n) is 3.21. The second-order valence-electron chi connectivity index (χ2n) is 4.67. The molecule has 0 spiro atoms. The molecule has 1 heterocycles. The van der Waals surface area contributed by atoms with Gasteiger partial charge in [0.05, 0.1) is 19.3 Å². The van der Waals surface area contributed by atoms with E-state index in [4.69, 9.17) is 4.74 Å². The van der Waals surface area contributed by atoms with Gasteiger partial charge in [0.15, 0.2) is 0 Å². The minimum atomic E-state index is -0.562. The Kier molecular flexibility index (Phi) is 5.00. The minimum absolute atomic E-state index is 0.349. The maximum Gasteiger partial charge on any atom is 0.411 e. The summed E-state index contributed by atoms with van der Waals surface area (Å²) in [5, 5.41) is 3.18. The fourth-order valence-electron chi connectivity index (χ4n) is 2.28. The summed E-state index contributed by atoms with van der Waals surface area (Å²) in [6.07, 6.45) is 4.22. The number of amides is 1. The van der Waals surface area contributed by atoms with Crippen LogP contribution in [0.4, 0.5) is 9.80 Å². The van der Waals surface area contributed by atoms with E-state index in [1.54, 1.807) is 0 Å². The van der Waals surface area contributed by atoms with Gasteiger partial charge in [0, 0.05) is 4.88 Å². The van der Waals surface area contributed by atoms with Crippen LogP contribution in [-0.2, 0) is 22.3 Å². The third-order valence-corrected chi connectivity index (χ3v) is 4.42. The highest BCUT2D eigenvalue weighted by Gasteiger charge is 2.27. The van der Waals surface area contributed by atoms with Crippen LogP contribution in [0.3, 0.4) is 0 Å². The molecule has 0 bridgehead atoms. The molecule has 5 nitrogen and oxygen atoms in total. The second kappa shape index (κ2) is 6.74. The lowest BCUT2D eigenvalue weighted by atomic mass is 9.95. The Labute approximate surface area is 122 Å². The number of anilines is 1. The first kappa shape index (κ1) is 14.8. The smallest absolute Gasteiger partial charge is 0.411 e. The van der Waals surface area contributed by atoms with Crippen molar-refractivity contribution >= 4 is 28.4 Å². The Balaban J connectivity index is 2.31. The number of esters is 1. The van der Waals surface area contributed by atoms with Gasteiger partial charge in [0.1, 0.15) is 5.00 Å². The van der Waals surface area contributed by atoms with Gasteiger partial charge in [-0.2, -0.15) is 0 Å². The molecule has 1 amide bonds. The predicted octanol–water partition coefficient (Wildman–Crippen LogP) is 3.37. The zero-order valence-electron chi connectivity index (χ0n) is 11.8. The number of methoxy groups -OCH3 is 1. The summed E-state index contributed by atoms with van der Waals surface area (Å²) in [6.45, 7) is 2.34. The van der Waals surface area contributed by atoms with Crippen LogP contribution >= 0.6 is 11.3 Å². The van der Waals surface area contributed by atoms with Crippen LogP contribution in [0.2, 0.25) is 0 Å². The van der Waals surface area contributed by atoms with Gasteiger partial charge in [-0.1, -0.05) is 6.92 Å². The summed E-state index contributed by atoms with van der Waals surface area (Å²) < 4.78 is 9.84. The molecule has 1 aliphatic carbocycles. The van der Waals surface area contributed by atoms with Crippen molar-refractivity contribution in [3.63, 3.8) is 0 Å². The molecule has 0 fully saturated rings. The lowest BCUT2D eigenvalue weighted by Crippen LogP contribution is -2.15. The van der Waals surface area contributed by atoms with Crippen molar-refractivity contribution in [2.45, 2.75) is 39.0 Å². The normalized spacial score (nSPS) is 13.5. The lowest BCUT2D eigenvalue weighted by molar-refractivity contribution is 0.0505. The van der Waals surface area contributed by atoms with Crippen molar-refractivity contribution in [3.05, 3.63) is 16.0 Å². The van der Waals surface area contributed by atoms with E-state index in [1.165, 1.54) is 23.3 Å². The van der Waals surface area contributed by atoms with Crippen LogP contribution in [-0.4, -0.2) is 25.8 Å². The van der Waals surface area contributed by atoms with Crippen LogP contribution < -0.4 is 5.32 Å². The maximum absolute atomic E-state index is 12.2. The Morgan fingerprint density at radius 2 is 2.05 bits per heavy atom. The van der Waals surface area contributed by atoms with Gasteiger partial charge in [-0.05, 0) is 37.7 Å². The van der Waals surface area contributed by atoms with Crippen LogP contribution in [0.25, 0.3) is 0 Å².